The van der Waals surface area contributed by atoms with Crippen LogP contribution in [0.2, 0.25) is 10.0 Å². The lowest BCUT2D eigenvalue weighted by molar-refractivity contribution is -0.141. The van der Waals surface area contributed by atoms with Crippen molar-refractivity contribution < 1.29 is 14.3 Å². The number of nitrogens with zero attached hydrogens (tertiary/aromatic N) is 1. The molecule has 3 rings (SSSR count). The fourth-order valence-electron chi connectivity index (χ4n) is 3.50. The lowest BCUT2D eigenvalue weighted by Gasteiger charge is -2.33. The molecule has 6 nitrogen and oxygen atoms in total. The Labute approximate surface area is 192 Å². The Morgan fingerprint density at radius 2 is 2.00 bits per heavy atom. The second kappa shape index (κ2) is 10.9. The van der Waals surface area contributed by atoms with Gasteiger partial charge in [0.25, 0.3) is 0 Å². The van der Waals surface area contributed by atoms with E-state index in [4.69, 9.17) is 27.9 Å². The largest absolute Gasteiger partial charge is 0.465 e. The number of amides is 2. The quantitative estimate of drug-likeness (QED) is 0.620. The molecule has 2 aromatic rings. The van der Waals surface area contributed by atoms with Gasteiger partial charge in [0.1, 0.15) is 6.54 Å². The number of ether oxygens (including phenoxy) is 1. The third kappa shape index (κ3) is 6.01. The van der Waals surface area contributed by atoms with E-state index in [0.29, 0.717) is 15.7 Å². The first-order chi connectivity index (χ1) is 13.9. The van der Waals surface area contributed by atoms with Crippen LogP contribution < -0.4 is 10.6 Å². The third-order valence-corrected chi connectivity index (χ3v) is 5.29. The number of halogens is 3. The van der Waals surface area contributed by atoms with Gasteiger partial charge in [-0.15, -0.1) is 12.4 Å². The van der Waals surface area contributed by atoms with Crippen molar-refractivity contribution in [1.29, 1.82) is 0 Å². The molecule has 0 fully saturated rings. The summed E-state index contributed by atoms with van der Waals surface area (Å²) in [6.45, 7) is 3.37. The minimum atomic E-state index is -0.480. The normalized spacial score (nSPS) is 15.5. The van der Waals surface area contributed by atoms with Gasteiger partial charge in [0.2, 0.25) is 0 Å². The molecule has 30 heavy (non-hydrogen) atoms. The molecule has 1 unspecified atom stereocenters. The molecular formula is C21H24Cl3N3O3. The van der Waals surface area contributed by atoms with Crippen LogP contribution in [-0.4, -0.2) is 43.6 Å². The summed E-state index contributed by atoms with van der Waals surface area (Å²) in [7, 11) is 2.05. The number of urea groups is 1. The van der Waals surface area contributed by atoms with E-state index in [-0.39, 0.29) is 31.5 Å². The molecule has 2 N–H and O–H groups in total. The maximum absolute atomic E-state index is 12.1. The van der Waals surface area contributed by atoms with Crippen LogP contribution in [-0.2, 0) is 16.1 Å². The molecule has 1 aliphatic heterocycles. The monoisotopic (exact) mass is 471 g/mol. The fourth-order valence-corrected chi connectivity index (χ4v) is 4.07. The molecule has 0 aromatic heterocycles. The van der Waals surface area contributed by atoms with Gasteiger partial charge in [-0.2, -0.15) is 0 Å². The molecule has 0 aliphatic carbocycles. The van der Waals surface area contributed by atoms with Gasteiger partial charge < -0.3 is 20.3 Å². The molecule has 1 heterocycles. The summed E-state index contributed by atoms with van der Waals surface area (Å²) in [5, 5.41) is 6.51. The number of esters is 1. The van der Waals surface area contributed by atoms with E-state index < -0.39 is 12.0 Å². The number of benzene rings is 2. The predicted octanol–water partition coefficient (Wildman–Crippen LogP) is 4.68. The van der Waals surface area contributed by atoms with Gasteiger partial charge in [-0.3, -0.25) is 4.79 Å². The summed E-state index contributed by atoms with van der Waals surface area (Å²) < 4.78 is 4.80. The first-order valence-electron chi connectivity index (χ1n) is 9.34. The predicted molar refractivity (Wildman–Crippen MR) is 122 cm³/mol. The number of carbonyl (C=O) groups excluding carboxylic acids is 2. The van der Waals surface area contributed by atoms with E-state index >= 15 is 0 Å². The van der Waals surface area contributed by atoms with E-state index in [1.165, 1.54) is 0 Å². The molecule has 0 saturated carbocycles. The highest BCUT2D eigenvalue weighted by atomic mass is 35.5. The van der Waals surface area contributed by atoms with E-state index in [9.17, 15) is 9.59 Å². The Balaban J connectivity index is 0.00000320. The zero-order valence-corrected chi connectivity index (χ0v) is 19.0. The van der Waals surface area contributed by atoms with Gasteiger partial charge in [-0.25, -0.2) is 4.79 Å². The van der Waals surface area contributed by atoms with Crippen LogP contribution in [0.3, 0.4) is 0 Å². The highest BCUT2D eigenvalue weighted by Crippen LogP contribution is 2.38. The number of likely N-dealkylation sites (N-methyl/N-ethyl adjacent to an activating group) is 1. The molecule has 9 heteroatoms. The molecule has 2 aromatic carbocycles. The van der Waals surface area contributed by atoms with Crippen molar-refractivity contribution in [2.75, 3.05) is 32.1 Å². The van der Waals surface area contributed by atoms with Crippen molar-refractivity contribution in [2.45, 2.75) is 19.4 Å². The van der Waals surface area contributed by atoms with Gasteiger partial charge in [0.05, 0.1) is 6.61 Å². The molecule has 1 aliphatic rings. The lowest BCUT2D eigenvalue weighted by atomic mass is 9.84. The summed E-state index contributed by atoms with van der Waals surface area (Å²) in [5.74, 6) is -0.406. The van der Waals surface area contributed by atoms with Gasteiger partial charge in [0.15, 0.2) is 0 Å². The van der Waals surface area contributed by atoms with E-state index in [1.807, 2.05) is 31.3 Å². The van der Waals surface area contributed by atoms with Gasteiger partial charge in [-0.05, 0) is 54.9 Å². The average molecular weight is 473 g/mol. The van der Waals surface area contributed by atoms with Gasteiger partial charge >= 0.3 is 12.0 Å². The van der Waals surface area contributed by atoms with Crippen LogP contribution in [0.15, 0.2) is 36.4 Å². The maximum Gasteiger partial charge on any atom is 0.325 e. The number of rotatable bonds is 5. The van der Waals surface area contributed by atoms with Crippen molar-refractivity contribution in [2.24, 2.45) is 0 Å². The van der Waals surface area contributed by atoms with E-state index in [1.54, 1.807) is 19.1 Å². The molecule has 0 radical (unpaired) electrons. The number of hydrogen-bond acceptors (Lipinski definition) is 4. The molecule has 162 valence electrons. The van der Waals surface area contributed by atoms with Crippen LogP contribution in [0, 0.1) is 0 Å². The van der Waals surface area contributed by atoms with Crippen LogP contribution in [0.4, 0.5) is 10.5 Å². The Hall–Kier alpha value is -1.99. The Bertz CT molecular complexity index is 924. The van der Waals surface area contributed by atoms with Crippen LogP contribution in [0.5, 0.6) is 0 Å². The summed E-state index contributed by atoms with van der Waals surface area (Å²) in [6, 6.07) is 10.9. The minimum absolute atomic E-state index is 0. The SMILES string of the molecule is CCOC(=O)CNC(=O)Nc1cccc(C2CN(C)Cc3c(Cl)cc(Cl)cc32)c1.Cl. The molecule has 1 atom stereocenters. The zero-order valence-electron chi connectivity index (χ0n) is 16.7. The zero-order chi connectivity index (χ0) is 21.0. The first-order valence-corrected chi connectivity index (χ1v) is 10.1. The highest BCUT2D eigenvalue weighted by Gasteiger charge is 2.27. The summed E-state index contributed by atoms with van der Waals surface area (Å²) in [6.07, 6.45) is 0. The topological polar surface area (TPSA) is 70.7 Å². The molecule has 0 bridgehead atoms. The van der Waals surface area contributed by atoms with Crippen LogP contribution in [0.25, 0.3) is 0 Å². The fraction of sp³-hybridized carbons (Fsp3) is 0.333. The van der Waals surface area contributed by atoms with Crippen molar-refractivity contribution in [3.8, 4) is 0 Å². The second-order valence-corrected chi connectivity index (χ2v) is 7.79. The van der Waals surface area contributed by atoms with Crippen molar-refractivity contribution in [3.05, 3.63) is 63.1 Å². The summed E-state index contributed by atoms with van der Waals surface area (Å²) in [4.78, 5) is 25.7. The number of nitrogens with one attached hydrogen (secondary N) is 2. The van der Waals surface area contributed by atoms with Crippen molar-refractivity contribution in [3.63, 3.8) is 0 Å². The Kier molecular flexibility index (Phi) is 8.79. The van der Waals surface area contributed by atoms with E-state index in [0.717, 1.165) is 29.8 Å². The van der Waals surface area contributed by atoms with Crippen molar-refractivity contribution >= 4 is 53.3 Å². The number of carbonyl (C=O) groups is 2. The Morgan fingerprint density at radius 3 is 2.73 bits per heavy atom. The first kappa shape index (κ1) is 24.3. The highest BCUT2D eigenvalue weighted by molar-refractivity contribution is 6.35. The van der Waals surface area contributed by atoms with Gasteiger partial charge in [0, 0.05) is 34.7 Å². The van der Waals surface area contributed by atoms with Crippen LogP contribution in [0.1, 0.15) is 29.5 Å². The molecule has 2 amide bonds. The van der Waals surface area contributed by atoms with Crippen LogP contribution >= 0.6 is 35.6 Å². The number of fused-ring (bicyclic) bond motifs is 1. The smallest absolute Gasteiger partial charge is 0.325 e. The third-order valence-electron chi connectivity index (χ3n) is 4.74. The van der Waals surface area contributed by atoms with E-state index in [2.05, 4.69) is 15.5 Å². The lowest BCUT2D eigenvalue weighted by Crippen LogP contribution is -2.34. The average Bonchev–Trinajstić information content (AvgIpc) is 2.67. The molecule has 0 spiro atoms. The molecular weight excluding hydrogens is 449 g/mol. The van der Waals surface area contributed by atoms with Crippen molar-refractivity contribution in [1.82, 2.24) is 10.2 Å². The summed E-state index contributed by atoms with van der Waals surface area (Å²) in [5.41, 5.74) is 3.84. The van der Waals surface area contributed by atoms with Gasteiger partial charge in [-0.1, -0.05) is 35.3 Å². The number of hydrogen-bond donors (Lipinski definition) is 2. The number of anilines is 1. The maximum atomic E-state index is 12.1. The second-order valence-electron chi connectivity index (χ2n) is 6.94. The minimum Gasteiger partial charge on any atom is -0.465 e. The standard InChI is InChI=1S/C21H23Cl2N3O3.ClH/c1-3-29-20(27)10-24-21(28)25-15-6-4-5-13(7-15)17-11-26(2)12-18-16(17)8-14(22)9-19(18)23;/h4-9,17H,3,10-12H2,1-2H3,(H2,24,25,28);1H. The summed E-state index contributed by atoms with van der Waals surface area (Å²) >= 11 is 12.7. The molecule has 0 saturated heterocycles. The Morgan fingerprint density at radius 1 is 1.23 bits per heavy atom.